The van der Waals surface area contributed by atoms with Crippen LogP contribution in [-0.2, 0) is 17.9 Å². The van der Waals surface area contributed by atoms with Crippen LogP contribution in [0.3, 0.4) is 0 Å². The summed E-state index contributed by atoms with van der Waals surface area (Å²) in [6.45, 7) is 5.09. The molecule has 3 aromatic carbocycles. The minimum absolute atomic E-state index is 0.0846. The van der Waals surface area contributed by atoms with Crippen LogP contribution in [0, 0.1) is 0 Å². The van der Waals surface area contributed by atoms with E-state index < -0.39 is 0 Å². The normalized spacial score (nSPS) is 10.4. The van der Waals surface area contributed by atoms with Crippen LogP contribution in [0.15, 0.2) is 71.2 Å². The molecule has 156 valence electrons. The van der Waals surface area contributed by atoms with Gasteiger partial charge in [0.15, 0.2) is 11.5 Å². The van der Waals surface area contributed by atoms with E-state index in [1.54, 1.807) is 0 Å². The van der Waals surface area contributed by atoms with Crippen molar-refractivity contribution in [3.05, 3.63) is 82.3 Å². The van der Waals surface area contributed by atoms with Gasteiger partial charge in [-0.3, -0.25) is 4.79 Å². The van der Waals surface area contributed by atoms with Crippen molar-refractivity contribution in [2.24, 2.45) is 0 Å². The Morgan fingerprint density at radius 2 is 1.63 bits per heavy atom. The molecular weight excluding hydrogens is 444 g/mol. The minimum Gasteiger partial charge on any atom is -0.490 e. The van der Waals surface area contributed by atoms with Gasteiger partial charge in [0.1, 0.15) is 6.61 Å². The zero-order chi connectivity index (χ0) is 21.3. The highest BCUT2D eigenvalue weighted by Gasteiger charge is 2.13. The average molecular weight is 469 g/mol. The third-order valence-electron chi connectivity index (χ3n) is 4.30. The molecule has 0 unspecified atom stereocenters. The number of amides is 1. The average Bonchev–Trinajstić information content (AvgIpc) is 2.73. The third-order valence-corrected chi connectivity index (χ3v) is 4.89. The molecule has 5 nitrogen and oxygen atoms in total. The fraction of sp³-hybridized carbons (Fsp3) is 0.208. The molecule has 0 atom stereocenters. The first-order valence-electron chi connectivity index (χ1n) is 9.78. The summed E-state index contributed by atoms with van der Waals surface area (Å²) in [5.41, 5.74) is 3.89. The maximum atomic E-state index is 11.1. The summed E-state index contributed by atoms with van der Waals surface area (Å²) < 4.78 is 12.7. The molecule has 3 rings (SSSR count). The lowest BCUT2D eigenvalue weighted by molar-refractivity contribution is -0.114. The quantitative estimate of drug-likeness (QED) is 0.404. The molecular formula is C24H25BrN2O3. The van der Waals surface area contributed by atoms with Gasteiger partial charge in [-0.15, -0.1) is 0 Å². The van der Waals surface area contributed by atoms with Crippen molar-refractivity contribution < 1.29 is 14.3 Å². The zero-order valence-electron chi connectivity index (χ0n) is 17.1. The maximum Gasteiger partial charge on any atom is 0.221 e. The number of hydrogen-bond donors (Lipinski definition) is 2. The number of hydrogen-bond acceptors (Lipinski definition) is 4. The van der Waals surface area contributed by atoms with Gasteiger partial charge >= 0.3 is 0 Å². The van der Waals surface area contributed by atoms with Crippen LogP contribution in [0.4, 0.5) is 11.4 Å². The highest BCUT2D eigenvalue weighted by Crippen LogP contribution is 2.37. The summed E-state index contributed by atoms with van der Waals surface area (Å²) in [5.74, 6) is 1.32. The second kappa shape index (κ2) is 10.7. The van der Waals surface area contributed by atoms with E-state index in [0.717, 1.165) is 27.0 Å². The van der Waals surface area contributed by atoms with E-state index in [1.807, 2.05) is 73.7 Å². The maximum absolute atomic E-state index is 11.1. The molecule has 0 heterocycles. The van der Waals surface area contributed by atoms with E-state index in [0.29, 0.717) is 31.3 Å². The monoisotopic (exact) mass is 468 g/mol. The lowest BCUT2D eigenvalue weighted by atomic mass is 10.2. The Bertz CT molecular complexity index is 976. The topological polar surface area (TPSA) is 59.6 Å². The lowest BCUT2D eigenvalue weighted by Crippen LogP contribution is -2.06. The zero-order valence-corrected chi connectivity index (χ0v) is 18.7. The van der Waals surface area contributed by atoms with Gasteiger partial charge in [0.2, 0.25) is 5.91 Å². The second-order valence-corrected chi connectivity index (χ2v) is 7.58. The highest BCUT2D eigenvalue weighted by atomic mass is 79.9. The van der Waals surface area contributed by atoms with Crippen LogP contribution in [0.5, 0.6) is 11.5 Å². The molecule has 0 saturated heterocycles. The molecule has 0 bridgehead atoms. The van der Waals surface area contributed by atoms with E-state index in [9.17, 15) is 4.79 Å². The van der Waals surface area contributed by atoms with Crippen LogP contribution >= 0.6 is 15.9 Å². The van der Waals surface area contributed by atoms with Gasteiger partial charge in [-0.05, 0) is 70.4 Å². The Labute approximate surface area is 185 Å². The van der Waals surface area contributed by atoms with Gasteiger partial charge in [-0.1, -0.05) is 30.3 Å². The molecule has 0 fully saturated rings. The van der Waals surface area contributed by atoms with Crippen molar-refractivity contribution in [2.75, 3.05) is 17.2 Å². The number of rotatable bonds is 9. The van der Waals surface area contributed by atoms with Crippen LogP contribution < -0.4 is 20.1 Å². The number of anilines is 2. The van der Waals surface area contributed by atoms with Gasteiger partial charge < -0.3 is 20.1 Å². The van der Waals surface area contributed by atoms with Gasteiger partial charge in [0.05, 0.1) is 11.1 Å². The first-order chi connectivity index (χ1) is 14.5. The molecule has 0 aliphatic rings. The summed E-state index contributed by atoms with van der Waals surface area (Å²) in [5, 5.41) is 6.15. The third kappa shape index (κ3) is 6.26. The van der Waals surface area contributed by atoms with Crippen LogP contribution in [0.1, 0.15) is 25.0 Å². The van der Waals surface area contributed by atoms with Gasteiger partial charge in [0.25, 0.3) is 0 Å². The number of carbonyl (C=O) groups is 1. The number of nitrogens with one attached hydrogen (secondary N) is 2. The van der Waals surface area contributed by atoms with E-state index >= 15 is 0 Å². The van der Waals surface area contributed by atoms with Crippen molar-refractivity contribution in [1.29, 1.82) is 0 Å². The summed E-state index contributed by atoms with van der Waals surface area (Å²) in [7, 11) is 0. The Kier molecular flexibility index (Phi) is 7.74. The predicted octanol–water partition coefficient (Wildman–Crippen LogP) is 6.00. The van der Waals surface area contributed by atoms with Gasteiger partial charge in [-0.25, -0.2) is 0 Å². The van der Waals surface area contributed by atoms with Crippen LogP contribution in [0.2, 0.25) is 0 Å². The fourth-order valence-corrected chi connectivity index (χ4v) is 3.54. The van der Waals surface area contributed by atoms with E-state index in [1.165, 1.54) is 6.92 Å². The first-order valence-corrected chi connectivity index (χ1v) is 10.6. The van der Waals surface area contributed by atoms with Crippen molar-refractivity contribution in [3.8, 4) is 11.5 Å². The van der Waals surface area contributed by atoms with E-state index in [-0.39, 0.29) is 5.91 Å². The lowest BCUT2D eigenvalue weighted by Gasteiger charge is -2.16. The highest BCUT2D eigenvalue weighted by molar-refractivity contribution is 9.10. The molecule has 0 saturated carbocycles. The molecule has 2 N–H and O–H groups in total. The summed E-state index contributed by atoms with van der Waals surface area (Å²) in [6.07, 6.45) is 0. The van der Waals surface area contributed by atoms with Gasteiger partial charge in [-0.2, -0.15) is 0 Å². The van der Waals surface area contributed by atoms with Gasteiger partial charge in [0, 0.05) is 24.8 Å². The number of ether oxygens (including phenoxy) is 2. The van der Waals surface area contributed by atoms with Crippen molar-refractivity contribution in [3.63, 3.8) is 0 Å². The standard InChI is InChI=1S/C24H25BrN2O3/c1-3-29-23-14-19(15-26-20-9-11-21(12-10-20)27-17(2)28)13-22(25)24(23)30-16-18-7-5-4-6-8-18/h4-14,26H,3,15-16H2,1-2H3,(H,27,28). The Morgan fingerprint density at radius 3 is 2.30 bits per heavy atom. The summed E-state index contributed by atoms with van der Waals surface area (Å²) in [6, 6.07) is 21.7. The van der Waals surface area contributed by atoms with E-state index in [2.05, 4.69) is 26.6 Å². The number of halogens is 1. The molecule has 0 spiro atoms. The Morgan fingerprint density at radius 1 is 0.933 bits per heavy atom. The predicted molar refractivity (Wildman–Crippen MR) is 124 cm³/mol. The SMILES string of the molecule is CCOc1cc(CNc2ccc(NC(C)=O)cc2)cc(Br)c1OCc1ccccc1. The fourth-order valence-electron chi connectivity index (χ4n) is 2.93. The molecule has 0 aliphatic carbocycles. The van der Waals surface area contributed by atoms with E-state index in [4.69, 9.17) is 9.47 Å². The molecule has 3 aromatic rings. The van der Waals surface area contributed by atoms with Crippen molar-refractivity contribution >= 4 is 33.2 Å². The smallest absolute Gasteiger partial charge is 0.221 e. The number of carbonyl (C=O) groups excluding carboxylic acids is 1. The summed E-state index contributed by atoms with van der Waals surface area (Å²) in [4.78, 5) is 11.1. The number of benzene rings is 3. The van der Waals surface area contributed by atoms with Crippen molar-refractivity contribution in [2.45, 2.75) is 27.0 Å². The molecule has 6 heteroatoms. The van der Waals surface area contributed by atoms with Crippen molar-refractivity contribution in [1.82, 2.24) is 0 Å². The molecule has 0 aliphatic heterocycles. The second-order valence-electron chi connectivity index (χ2n) is 6.72. The Hall–Kier alpha value is -2.99. The largest absolute Gasteiger partial charge is 0.490 e. The molecule has 0 aromatic heterocycles. The van der Waals surface area contributed by atoms with Crippen LogP contribution in [0.25, 0.3) is 0 Å². The minimum atomic E-state index is -0.0846. The first kappa shape index (κ1) is 21.7. The van der Waals surface area contributed by atoms with Crippen LogP contribution in [-0.4, -0.2) is 12.5 Å². The molecule has 0 radical (unpaired) electrons. The molecule has 1 amide bonds. The Balaban J connectivity index is 1.68. The molecule has 30 heavy (non-hydrogen) atoms. The summed E-state index contributed by atoms with van der Waals surface area (Å²) >= 11 is 3.63.